The van der Waals surface area contributed by atoms with Gasteiger partial charge in [0.25, 0.3) is 0 Å². The van der Waals surface area contributed by atoms with Crippen LogP contribution in [0.5, 0.6) is 11.5 Å². The average Bonchev–Trinajstić information content (AvgIpc) is 2.57. The van der Waals surface area contributed by atoms with Crippen LogP contribution in [-0.2, 0) is 0 Å². The third-order valence-electron chi connectivity index (χ3n) is 4.51. The van der Waals surface area contributed by atoms with Crippen molar-refractivity contribution >= 4 is 24.8 Å². The fraction of sp³-hybridized carbons (Fsp3) is 0.429. The van der Waals surface area contributed by atoms with E-state index in [2.05, 4.69) is 55.3 Å². The Balaban J connectivity index is 0.00000169. The number of nitrogens with zero attached hydrogens (tertiary/aromatic N) is 1. The van der Waals surface area contributed by atoms with Crippen LogP contribution in [0.25, 0.3) is 0 Å². The van der Waals surface area contributed by atoms with E-state index in [1.165, 1.54) is 5.56 Å². The molecule has 0 bridgehead atoms. The van der Waals surface area contributed by atoms with Gasteiger partial charge in [-0.2, -0.15) is 0 Å². The molecule has 0 radical (unpaired) electrons. The zero-order chi connectivity index (χ0) is 17.0. The van der Waals surface area contributed by atoms with E-state index in [0.29, 0.717) is 6.04 Å². The van der Waals surface area contributed by atoms with Crippen LogP contribution in [0.2, 0.25) is 0 Å². The van der Waals surface area contributed by atoms with Gasteiger partial charge >= 0.3 is 0 Å². The predicted molar refractivity (Wildman–Crippen MR) is 114 cm³/mol. The highest BCUT2D eigenvalue weighted by Crippen LogP contribution is 2.38. The van der Waals surface area contributed by atoms with Crippen molar-refractivity contribution < 1.29 is 4.74 Å². The quantitative estimate of drug-likeness (QED) is 0.756. The lowest BCUT2D eigenvalue weighted by Gasteiger charge is -2.42. The third-order valence-corrected chi connectivity index (χ3v) is 4.51. The molecule has 1 aliphatic rings. The Labute approximate surface area is 169 Å². The molecular weight excluding hydrogens is 367 g/mol. The van der Waals surface area contributed by atoms with Crippen molar-refractivity contribution in [2.75, 3.05) is 26.2 Å². The predicted octanol–water partition coefficient (Wildman–Crippen LogP) is 5.31. The molecule has 1 atom stereocenters. The minimum absolute atomic E-state index is 0. The van der Waals surface area contributed by atoms with Crippen molar-refractivity contribution in [2.45, 2.75) is 26.8 Å². The van der Waals surface area contributed by atoms with Gasteiger partial charge in [0.2, 0.25) is 0 Å². The molecule has 0 spiro atoms. The summed E-state index contributed by atoms with van der Waals surface area (Å²) in [5, 5.41) is 3.45. The molecule has 26 heavy (non-hydrogen) atoms. The lowest BCUT2D eigenvalue weighted by molar-refractivity contribution is 0.0862. The number of ether oxygens (including phenoxy) is 1. The Hall–Kier alpha value is -1.26. The standard InChI is InChI=1S/C21H28N2O.2ClH/c1-21(2,3)20(23-15-13-22-14-16-23)17-9-11-19(12-10-17)24-18-7-5-4-6-8-18;;/h4-12,20,22H,13-16H2,1-3H3;2*1H/t20-;;/m1../s1. The highest BCUT2D eigenvalue weighted by Gasteiger charge is 2.32. The largest absolute Gasteiger partial charge is 0.457 e. The summed E-state index contributed by atoms with van der Waals surface area (Å²) in [4.78, 5) is 2.60. The van der Waals surface area contributed by atoms with E-state index in [9.17, 15) is 0 Å². The van der Waals surface area contributed by atoms with Crippen molar-refractivity contribution in [3.8, 4) is 11.5 Å². The summed E-state index contributed by atoms with van der Waals surface area (Å²) in [7, 11) is 0. The second kappa shape index (κ2) is 10.2. The smallest absolute Gasteiger partial charge is 0.127 e. The van der Waals surface area contributed by atoms with Crippen LogP contribution in [-0.4, -0.2) is 31.1 Å². The molecule has 0 saturated carbocycles. The number of benzene rings is 2. The molecule has 1 fully saturated rings. The van der Waals surface area contributed by atoms with Gasteiger partial charge in [0.1, 0.15) is 11.5 Å². The normalized spacial score (nSPS) is 16.1. The minimum atomic E-state index is 0. The molecule has 5 heteroatoms. The number of para-hydroxylation sites is 1. The topological polar surface area (TPSA) is 24.5 Å². The Morgan fingerprint density at radius 3 is 1.92 bits per heavy atom. The van der Waals surface area contributed by atoms with Crippen molar-refractivity contribution in [1.29, 1.82) is 0 Å². The van der Waals surface area contributed by atoms with E-state index in [4.69, 9.17) is 4.74 Å². The molecule has 0 aromatic heterocycles. The van der Waals surface area contributed by atoms with Gasteiger partial charge in [-0.25, -0.2) is 0 Å². The molecule has 0 aliphatic carbocycles. The summed E-state index contributed by atoms with van der Waals surface area (Å²) in [6.07, 6.45) is 0. The fourth-order valence-corrected chi connectivity index (χ4v) is 3.54. The van der Waals surface area contributed by atoms with Crippen molar-refractivity contribution in [2.24, 2.45) is 5.41 Å². The van der Waals surface area contributed by atoms with E-state index in [0.717, 1.165) is 37.7 Å². The number of rotatable bonds is 4. The highest BCUT2D eigenvalue weighted by molar-refractivity contribution is 5.85. The van der Waals surface area contributed by atoms with Gasteiger partial charge in [-0.1, -0.05) is 51.1 Å². The minimum Gasteiger partial charge on any atom is -0.457 e. The molecule has 1 N–H and O–H groups in total. The number of hydrogen-bond donors (Lipinski definition) is 1. The Kier molecular flexibility index (Phi) is 8.91. The molecule has 0 unspecified atom stereocenters. The van der Waals surface area contributed by atoms with Crippen LogP contribution in [0.15, 0.2) is 54.6 Å². The van der Waals surface area contributed by atoms with Gasteiger partial charge < -0.3 is 10.1 Å². The first-order chi connectivity index (χ1) is 11.5. The van der Waals surface area contributed by atoms with Gasteiger partial charge in [0.15, 0.2) is 0 Å². The zero-order valence-corrected chi connectivity index (χ0v) is 17.4. The van der Waals surface area contributed by atoms with E-state index in [-0.39, 0.29) is 30.2 Å². The van der Waals surface area contributed by atoms with Crippen molar-refractivity contribution in [3.63, 3.8) is 0 Å². The van der Waals surface area contributed by atoms with Crippen LogP contribution < -0.4 is 10.1 Å². The van der Waals surface area contributed by atoms with E-state index in [1.54, 1.807) is 0 Å². The maximum absolute atomic E-state index is 5.92. The van der Waals surface area contributed by atoms with Gasteiger partial charge in [-0.15, -0.1) is 24.8 Å². The molecule has 1 saturated heterocycles. The molecule has 3 nitrogen and oxygen atoms in total. The number of hydrogen-bond acceptors (Lipinski definition) is 3. The number of nitrogens with one attached hydrogen (secondary N) is 1. The molecule has 0 amide bonds. The number of piperazine rings is 1. The Morgan fingerprint density at radius 2 is 1.38 bits per heavy atom. The molecule has 3 rings (SSSR count). The van der Waals surface area contributed by atoms with Crippen molar-refractivity contribution in [3.05, 3.63) is 60.2 Å². The second-order valence-electron chi connectivity index (χ2n) is 7.54. The zero-order valence-electron chi connectivity index (χ0n) is 15.8. The molecule has 1 aliphatic heterocycles. The molecule has 2 aromatic carbocycles. The second-order valence-corrected chi connectivity index (χ2v) is 7.54. The summed E-state index contributed by atoms with van der Waals surface area (Å²) in [6.45, 7) is 11.3. The van der Waals surface area contributed by atoms with Gasteiger partial charge in [0, 0.05) is 32.2 Å². The monoisotopic (exact) mass is 396 g/mol. The summed E-state index contributed by atoms with van der Waals surface area (Å²) in [6, 6.07) is 19.0. The summed E-state index contributed by atoms with van der Waals surface area (Å²) in [5.74, 6) is 1.76. The lowest BCUT2D eigenvalue weighted by Crippen LogP contribution is -2.48. The van der Waals surface area contributed by atoms with Gasteiger partial charge in [-0.3, -0.25) is 4.90 Å². The van der Waals surface area contributed by atoms with Crippen LogP contribution >= 0.6 is 24.8 Å². The summed E-state index contributed by atoms with van der Waals surface area (Å²) >= 11 is 0. The van der Waals surface area contributed by atoms with Crippen LogP contribution in [0.4, 0.5) is 0 Å². The average molecular weight is 397 g/mol. The van der Waals surface area contributed by atoms with Crippen molar-refractivity contribution in [1.82, 2.24) is 10.2 Å². The van der Waals surface area contributed by atoms with E-state index < -0.39 is 0 Å². The Bertz CT molecular complexity index is 635. The first kappa shape index (κ1) is 22.8. The Morgan fingerprint density at radius 1 is 0.846 bits per heavy atom. The highest BCUT2D eigenvalue weighted by atomic mass is 35.5. The molecule has 1 heterocycles. The first-order valence-corrected chi connectivity index (χ1v) is 8.82. The maximum Gasteiger partial charge on any atom is 0.127 e. The summed E-state index contributed by atoms with van der Waals surface area (Å²) in [5.41, 5.74) is 1.56. The molecule has 144 valence electrons. The molecular formula is C21H30Cl2N2O. The van der Waals surface area contributed by atoms with Crippen LogP contribution in [0.3, 0.4) is 0 Å². The van der Waals surface area contributed by atoms with E-state index >= 15 is 0 Å². The fourth-order valence-electron chi connectivity index (χ4n) is 3.54. The van der Waals surface area contributed by atoms with Gasteiger partial charge in [0.05, 0.1) is 0 Å². The SMILES string of the molecule is CC(C)(C)[C@@H](c1ccc(Oc2ccccc2)cc1)N1CCNCC1.Cl.Cl. The first-order valence-electron chi connectivity index (χ1n) is 8.82. The number of halogens is 2. The maximum atomic E-state index is 5.92. The third kappa shape index (κ3) is 5.88. The van der Waals surface area contributed by atoms with E-state index in [1.807, 2.05) is 30.3 Å². The molecule has 2 aromatic rings. The van der Waals surface area contributed by atoms with Crippen LogP contribution in [0.1, 0.15) is 32.4 Å². The van der Waals surface area contributed by atoms with Gasteiger partial charge in [-0.05, 0) is 35.2 Å². The lowest BCUT2D eigenvalue weighted by atomic mass is 9.81. The van der Waals surface area contributed by atoms with Crippen LogP contribution in [0, 0.1) is 5.41 Å². The summed E-state index contributed by atoms with van der Waals surface area (Å²) < 4.78 is 5.92.